The zero-order valence-electron chi connectivity index (χ0n) is 16.6. The Labute approximate surface area is 173 Å². The summed E-state index contributed by atoms with van der Waals surface area (Å²) < 4.78 is 16.6. The van der Waals surface area contributed by atoms with Gasteiger partial charge >= 0.3 is 0 Å². The van der Waals surface area contributed by atoms with Crippen molar-refractivity contribution in [2.45, 2.75) is 61.9 Å². The van der Waals surface area contributed by atoms with Gasteiger partial charge in [0.25, 0.3) is 0 Å². The molecular formula is C17H29N5O8. The average molecular weight is 431 g/mol. The minimum Gasteiger partial charge on any atom is -0.389 e. The summed E-state index contributed by atoms with van der Waals surface area (Å²) in [6.07, 6.45) is -6.56. The second-order valence-corrected chi connectivity index (χ2v) is 7.15. The average Bonchev–Trinajstić information content (AvgIpc) is 2.72. The fourth-order valence-corrected chi connectivity index (χ4v) is 3.40. The van der Waals surface area contributed by atoms with Gasteiger partial charge in [-0.25, -0.2) is 0 Å². The molecule has 2 aliphatic heterocycles. The molecule has 0 aromatic rings. The van der Waals surface area contributed by atoms with E-state index >= 15 is 0 Å². The van der Waals surface area contributed by atoms with Gasteiger partial charge in [0.15, 0.2) is 6.29 Å². The molecule has 0 aromatic carbocycles. The minimum absolute atomic E-state index is 0.0140. The molecule has 13 nitrogen and oxygen atoms in total. The van der Waals surface area contributed by atoms with E-state index in [0.29, 0.717) is 0 Å². The van der Waals surface area contributed by atoms with Crippen molar-refractivity contribution >= 4 is 5.91 Å². The van der Waals surface area contributed by atoms with Crippen LogP contribution in [-0.2, 0) is 19.0 Å². The molecule has 6 N–H and O–H groups in total. The van der Waals surface area contributed by atoms with Gasteiger partial charge in [-0.3, -0.25) is 4.79 Å². The number of aliphatic hydroxyl groups excluding tert-OH is 4. The predicted octanol–water partition coefficient (Wildman–Crippen LogP) is -2.47. The number of amides is 1. The van der Waals surface area contributed by atoms with E-state index in [2.05, 4.69) is 27.2 Å². The van der Waals surface area contributed by atoms with Crippen LogP contribution >= 0.6 is 0 Å². The quantitative estimate of drug-likeness (QED) is 0.0990. The maximum absolute atomic E-state index is 11.4. The molecule has 2 rings (SSSR count). The van der Waals surface area contributed by atoms with Crippen molar-refractivity contribution in [1.82, 2.24) is 10.6 Å². The van der Waals surface area contributed by atoms with Crippen LogP contribution in [0.5, 0.6) is 0 Å². The van der Waals surface area contributed by atoms with Gasteiger partial charge in [-0.2, -0.15) is 0 Å². The summed E-state index contributed by atoms with van der Waals surface area (Å²) in [6, 6.07) is -1.68. The van der Waals surface area contributed by atoms with E-state index in [1.807, 2.05) is 0 Å². The molecular weight excluding hydrogens is 402 g/mol. The highest BCUT2D eigenvalue weighted by molar-refractivity contribution is 5.73. The number of hydrogen-bond donors (Lipinski definition) is 6. The van der Waals surface area contributed by atoms with Gasteiger partial charge in [-0.1, -0.05) is 11.2 Å². The van der Waals surface area contributed by atoms with Crippen LogP contribution in [0, 0.1) is 0 Å². The van der Waals surface area contributed by atoms with E-state index in [4.69, 9.17) is 19.7 Å². The summed E-state index contributed by atoms with van der Waals surface area (Å²) in [5, 5.41) is 50.1. The number of carbonyl (C=O) groups excluding carboxylic acids is 1. The first-order chi connectivity index (χ1) is 14.3. The van der Waals surface area contributed by atoms with E-state index in [9.17, 15) is 25.2 Å². The number of rotatable bonds is 9. The second-order valence-electron chi connectivity index (χ2n) is 7.15. The number of carbonyl (C=O) groups is 1. The molecule has 13 heteroatoms. The molecule has 0 aliphatic carbocycles. The number of azide groups is 1. The van der Waals surface area contributed by atoms with Crippen molar-refractivity contribution in [2.24, 2.45) is 5.11 Å². The third kappa shape index (κ3) is 6.11. The lowest BCUT2D eigenvalue weighted by Crippen LogP contribution is -2.66. The minimum atomic E-state index is -1.37. The lowest BCUT2D eigenvalue weighted by Gasteiger charge is -2.43. The van der Waals surface area contributed by atoms with Crippen molar-refractivity contribution in [3.8, 4) is 0 Å². The topological polar surface area (TPSA) is 198 Å². The van der Waals surface area contributed by atoms with Crippen LogP contribution < -0.4 is 10.6 Å². The number of ether oxygens (including phenoxy) is 3. The molecule has 30 heavy (non-hydrogen) atoms. The zero-order chi connectivity index (χ0) is 22.3. The Balaban J connectivity index is 1.97. The number of hydrogen-bond acceptors (Lipinski definition) is 10. The van der Waals surface area contributed by atoms with Crippen LogP contribution in [0.2, 0.25) is 0 Å². The van der Waals surface area contributed by atoms with Crippen LogP contribution in [0.25, 0.3) is 10.4 Å². The SMILES string of the molecule is C=CCO[C@H]1O[C@H](CN[C@H]2CO[C@H](CN=[N+]=[N-])[C@@H](O)[C@@H]2O)[C@@H](O)[C@H](O)[C@H]1NC(C)=O. The molecule has 0 saturated carbocycles. The van der Waals surface area contributed by atoms with Gasteiger partial charge in [0.2, 0.25) is 5.91 Å². The molecule has 9 atom stereocenters. The van der Waals surface area contributed by atoms with Crippen molar-refractivity contribution in [3.05, 3.63) is 23.1 Å². The first-order valence-corrected chi connectivity index (χ1v) is 9.53. The molecule has 2 fully saturated rings. The molecule has 2 heterocycles. The molecule has 0 radical (unpaired) electrons. The number of nitrogens with zero attached hydrogens (tertiary/aromatic N) is 3. The Bertz CT molecular complexity index is 633. The third-order valence-corrected chi connectivity index (χ3v) is 4.99. The van der Waals surface area contributed by atoms with Crippen LogP contribution in [0.3, 0.4) is 0 Å². The predicted molar refractivity (Wildman–Crippen MR) is 102 cm³/mol. The summed E-state index contributed by atoms with van der Waals surface area (Å²) in [5.41, 5.74) is 8.37. The smallest absolute Gasteiger partial charge is 0.217 e. The van der Waals surface area contributed by atoms with E-state index in [-0.39, 0.29) is 26.3 Å². The maximum atomic E-state index is 11.4. The molecule has 170 valence electrons. The largest absolute Gasteiger partial charge is 0.389 e. The summed E-state index contributed by atoms with van der Waals surface area (Å²) in [7, 11) is 0. The van der Waals surface area contributed by atoms with E-state index in [1.54, 1.807) is 0 Å². The number of aliphatic hydroxyl groups is 4. The molecule has 0 aromatic heterocycles. The van der Waals surface area contributed by atoms with E-state index in [0.717, 1.165) is 0 Å². The third-order valence-electron chi connectivity index (χ3n) is 4.99. The Hall–Kier alpha value is -1.80. The summed E-state index contributed by atoms with van der Waals surface area (Å²) in [5.74, 6) is -0.426. The molecule has 2 saturated heterocycles. The van der Waals surface area contributed by atoms with Crippen molar-refractivity contribution < 1.29 is 39.4 Å². The lowest BCUT2D eigenvalue weighted by molar-refractivity contribution is -0.261. The lowest BCUT2D eigenvalue weighted by atomic mass is 9.95. The zero-order valence-corrected chi connectivity index (χ0v) is 16.6. The van der Waals surface area contributed by atoms with Crippen molar-refractivity contribution in [2.75, 3.05) is 26.3 Å². The Kier molecular flexibility index (Phi) is 9.42. The van der Waals surface area contributed by atoms with E-state index < -0.39 is 60.9 Å². The van der Waals surface area contributed by atoms with Gasteiger partial charge < -0.3 is 45.3 Å². The summed E-state index contributed by atoms with van der Waals surface area (Å²) in [4.78, 5) is 14.0. The monoisotopic (exact) mass is 431 g/mol. The van der Waals surface area contributed by atoms with Gasteiger partial charge in [0.1, 0.15) is 30.5 Å². The van der Waals surface area contributed by atoms with Crippen LogP contribution in [0.1, 0.15) is 6.92 Å². The van der Waals surface area contributed by atoms with Crippen molar-refractivity contribution in [1.29, 1.82) is 0 Å². The maximum Gasteiger partial charge on any atom is 0.217 e. The van der Waals surface area contributed by atoms with Crippen LogP contribution in [0.15, 0.2) is 17.8 Å². The molecule has 2 aliphatic rings. The van der Waals surface area contributed by atoms with Crippen molar-refractivity contribution in [3.63, 3.8) is 0 Å². The fourth-order valence-electron chi connectivity index (χ4n) is 3.40. The highest BCUT2D eigenvalue weighted by atomic mass is 16.7. The first-order valence-electron chi connectivity index (χ1n) is 9.53. The summed E-state index contributed by atoms with van der Waals surface area (Å²) >= 11 is 0. The highest BCUT2D eigenvalue weighted by Crippen LogP contribution is 2.23. The Morgan fingerprint density at radius 2 is 1.97 bits per heavy atom. The second kappa shape index (κ2) is 11.6. The van der Waals surface area contributed by atoms with Crippen LogP contribution in [0.4, 0.5) is 0 Å². The Morgan fingerprint density at radius 1 is 1.27 bits per heavy atom. The van der Waals surface area contributed by atoms with Gasteiger partial charge in [0, 0.05) is 18.4 Å². The highest BCUT2D eigenvalue weighted by Gasteiger charge is 2.46. The first kappa shape index (κ1) is 24.5. The van der Waals surface area contributed by atoms with Gasteiger partial charge in [0.05, 0.1) is 38.0 Å². The normalized spacial score (nSPS) is 39.0. The van der Waals surface area contributed by atoms with Gasteiger partial charge in [-0.15, -0.1) is 6.58 Å². The standard InChI is InChI=1S/C17H29N5O8/c1-3-4-28-17-12(21-8(2)23)16(27)15(26)11(30-17)5-19-9-7-29-10(6-20-22-18)14(25)13(9)24/h3,9-17,19,24-27H,1,4-7H2,2H3,(H,21,23)/t9-,10+,11+,12+,13+,14+,15+,16+,17-/m0/s1. The molecule has 0 spiro atoms. The van der Waals surface area contributed by atoms with Crippen LogP contribution in [-0.4, -0.2) is 108 Å². The fraction of sp³-hybridized carbons (Fsp3) is 0.824. The number of nitrogens with one attached hydrogen (secondary N) is 2. The molecule has 0 bridgehead atoms. The van der Waals surface area contributed by atoms with Gasteiger partial charge in [-0.05, 0) is 5.53 Å². The van der Waals surface area contributed by atoms with E-state index in [1.165, 1.54) is 13.0 Å². The molecule has 0 unspecified atom stereocenters. The molecule has 1 amide bonds. The summed E-state index contributed by atoms with van der Waals surface area (Å²) in [6.45, 7) is 4.78. The Morgan fingerprint density at radius 3 is 2.60 bits per heavy atom.